The summed E-state index contributed by atoms with van der Waals surface area (Å²) in [6, 6.07) is 4.53. The topological polar surface area (TPSA) is 61.1 Å². The number of aromatic carboxylic acids is 1. The Morgan fingerprint density at radius 1 is 1.62 bits per heavy atom. The number of rotatable bonds is 1. The molecular weight excluding hydrogens is 190 g/mol. The largest absolute Gasteiger partial charge is 0.478 e. The minimum atomic E-state index is -1.08. The molecule has 0 aromatic heterocycles. The highest BCUT2D eigenvalue weighted by Gasteiger charge is 2.09. The van der Waals surface area contributed by atoms with E-state index in [2.05, 4.69) is 0 Å². The highest BCUT2D eigenvalue weighted by atomic mass is 35.5. The van der Waals surface area contributed by atoms with Crippen molar-refractivity contribution >= 4 is 17.6 Å². The Labute approximate surface area is 80.2 Å². The minimum absolute atomic E-state index is 0.0344. The second-order valence-electron chi connectivity index (χ2n) is 2.55. The van der Waals surface area contributed by atoms with Gasteiger partial charge in [0.25, 0.3) is 0 Å². The fourth-order valence-electron chi connectivity index (χ4n) is 0.918. The number of halogens is 1. The Balaban J connectivity index is 3.41. The summed E-state index contributed by atoms with van der Waals surface area (Å²) >= 11 is 5.73. The van der Waals surface area contributed by atoms with Gasteiger partial charge in [0.2, 0.25) is 0 Å². The molecule has 0 spiro atoms. The summed E-state index contributed by atoms with van der Waals surface area (Å²) in [7, 11) is 0. The normalized spacial score (nSPS) is 9.31. The average molecular weight is 196 g/mol. The molecule has 0 heterocycles. The Morgan fingerprint density at radius 3 is 2.69 bits per heavy atom. The van der Waals surface area contributed by atoms with Gasteiger partial charge in [0, 0.05) is 5.02 Å². The van der Waals surface area contributed by atoms with E-state index in [4.69, 9.17) is 22.0 Å². The monoisotopic (exact) mass is 195 g/mol. The number of carbonyl (C=O) groups is 1. The van der Waals surface area contributed by atoms with E-state index in [0.29, 0.717) is 16.1 Å². The van der Waals surface area contributed by atoms with Crippen molar-refractivity contribution in [1.82, 2.24) is 0 Å². The Hall–Kier alpha value is -1.53. The van der Waals surface area contributed by atoms with Crippen LogP contribution in [0.4, 0.5) is 0 Å². The summed E-state index contributed by atoms with van der Waals surface area (Å²) in [5.41, 5.74) is 0.936. The maximum atomic E-state index is 10.6. The summed E-state index contributed by atoms with van der Waals surface area (Å²) in [6.07, 6.45) is 0. The molecule has 0 amide bonds. The van der Waals surface area contributed by atoms with Gasteiger partial charge in [-0.05, 0) is 24.6 Å². The molecule has 0 unspecified atom stereocenters. The lowest BCUT2D eigenvalue weighted by Gasteiger charge is -2.01. The van der Waals surface area contributed by atoms with Crippen LogP contribution in [0.3, 0.4) is 0 Å². The molecule has 0 saturated carbocycles. The molecule has 3 nitrogen and oxygen atoms in total. The molecule has 66 valence electrons. The van der Waals surface area contributed by atoms with E-state index in [1.165, 1.54) is 12.1 Å². The number of hydrogen-bond acceptors (Lipinski definition) is 2. The van der Waals surface area contributed by atoms with E-state index < -0.39 is 5.97 Å². The van der Waals surface area contributed by atoms with Gasteiger partial charge in [-0.25, -0.2) is 4.79 Å². The molecule has 4 heteroatoms. The predicted molar refractivity (Wildman–Crippen MR) is 47.9 cm³/mol. The molecule has 0 aliphatic carbocycles. The first kappa shape index (κ1) is 9.56. The van der Waals surface area contributed by atoms with E-state index in [1.54, 1.807) is 6.92 Å². The fourth-order valence-corrected chi connectivity index (χ4v) is 1.14. The van der Waals surface area contributed by atoms with Crippen LogP contribution in [0.2, 0.25) is 5.02 Å². The van der Waals surface area contributed by atoms with Crippen LogP contribution in [0.5, 0.6) is 0 Å². The molecule has 0 radical (unpaired) electrons. The van der Waals surface area contributed by atoms with Gasteiger partial charge in [-0.1, -0.05) is 11.6 Å². The smallest absolute Gasteiger partial charge is 0.335 e. The summed E-state index contributed by atoms with van der Waals surface area (Å²) < 4.78 is 0. The molecule has 1 aromatic rings. The van der Waals surface area contributed by atoms with E-state index >= 15 is 0 Å². The fraction of sp³-hybridized carbons (Fsp3) is 0.111. The molecule has 0 saturated heterocycles. The van der Waals surface area contributed by atoms with E-state index in [9.17, 15) is 4.79 Å². The molecule has 0 aliphatic rings. The van der Waals surface area contributed by atoms with Crippen LogP contribution in [0.1, 0.15) is 21.5 Å². The third-order valence-electron chi connectivity index (χ3n) is 1.71. The lowest BCUT2D eigenvalue weighted by atomic mass is 10.1. The van der Waals surface area contributed by atoms with Gasteiger partial charge >= 0.3 is 5.97 Å². The highest BCUT2D eigenvalue weighted by molar-refractivity contribution is 6.31. The van der Waals surface area contributed by atoms with E-state index in [1.807, 2.05) is 6.07 Å². The quantitative estimate of drug-likeness (QED) is 0.748. The minimum Gasteiger partial charge on any atom is -0.478 e. The van der Waals surface area contributed by atoms with Gasteiger partial charge in [-0.15, -0.1) is 0 Å². The van der Waals surface area contributed by atoms with Crippen molar-refractivity contribution < 1.29 is 9.90 Å². The summed E-state index contributed by atoms with van der Waals surface area (Å²) in [6.45, 7) is 1.67. The maximum absolute atomic E-state index is 10.6. The number of benzene rings is 1. The van der Waals surface area contributed by atoms with Crippen molar-refractivity contribution in [3.8, 4) is 6.07 Å². The van der Waals surface area contributed by atoms with Crippen molar-refractivity contribution in [2.75, 3.05) is 0 Å². The number of carboxylic acid groups (broad SMARTS) is 1. The van der Waals surface area contributed by atoms with E-state index in [0.717, 1.165) is 0 Å². The first-order valence-corrected chi connectivity index (χ1v) is 3.87. The first-order valence-electron chi connectivity index (χ1n) is 3.50. The van der Waals surface area contributed by atoms with Crippen molar-refractivity contribution in [3.05, 3.63) is 33.8 Å². The maximum Gasteiger partial charge on any atom is 0.335 e. The van der Waals surface area contributed by atoms with Crippen molar-refractivity contribution in [2.24, 2.45) is 0 Å². The third kappa shape index (κ3) is 1.79. The Bertz CT molecular complexity index is 407. The molecule has 0 bridgehead atoms. The van der Waals surface area contributed by atoms with Crippen molar-refractivity contribution in [1.29, 1.82) is 5.26 Å². The van der Waals surface area contributed by atoms with Crippen LogP contribution in [-0.4, -0.2) is 11.1 Å². The molecule has 0 atom stereocenters. The molecule has 0 aliphatic heterocycles. The van der Waals surface area contributed by atoms with Gasteiger partial charge in [0.05, 0.1) is 17.2 Å². The van der Waals surface area contributed by atoms with Crippen molar-refractivity contribution in [3.63, 3.8) is 0 Å². The lowest BCUT2D eigenvalue weighted by Crippen LogP contribution is -1.98. The number of hydrogen-bond donors (Lipinski definition) is 1. The SMILES string of the molecule is Cc1c(Cl)cc(C(=O)O)cc1C#N. The van der Waals surface area contributed by atoms with Crippen LogP contribution >= 0.6 is 11.6 Å². The van der Waals surface area contributed by atoms with E-state index in [-0.39, 0.29) is 5.56 Å². The van der Waals surface area contributed by atoms with Gasteiger partial charge in [0.15, 0.2) is 0 Å². The molecular formula is C9H6ClNO2. The molecule has 13 heavy (non-hydrogen) atoms. The van der Waals surface area contributed by atoms with Crippen LogP contribution in [0.25, 0.3) is 0 Å². The summed E-state index contributed by atoms with van der Waals surface area (Å²) in [5.74, 6) is -1.08. The Morgan fingerprint density at radius 2 is 2.23 bits per heavy atom. The van der Waals surface area contributed by atoms with Crippen LogP contribution in [-0.2, 0) is 0 Å². The third-order valence-corrected chi connectivity index (χ3v) is 2.10. The number of nitriles is 1. The summed E-state index contributed by atoms with van der Waals surface area (Å²) in [4.78, 5) is 10.6. The highest BCUT2D eigenvalue weighted by Crippen LogP contribution is 2.20. The van der Waals surface area contributed by atoms with Crippen molar-refractivity contribution in [2.45, 2.75) is 6.92 Å². The van der Waals surface area contributed by atoms with Crippen LogP contribution in [0.15, 0.2) is 12.1 Å². The predicted octanol–water partition coefficient (Wildman–Crippen LogP) is 2.22. The summed E-state index contributed by atoms with van der Waals surface area (Å²) in [5, 5.41) is 17.6. The second kappa shape index (κ2) is 3.46. The molecule has 1 N–H and O–H groups in total. The lowest BCUT2D eigenvalue weighted by molar-refractivity contribution is 0.0697. The van der Waals surface area contributed by atoms with Crippen LogP contribution < -0.4 is 0 Å². The van der Waals surface area contributed by atoms with Gasteiger partial charge in [-0.2, -0.15) is 5.26 Å². The molecule has 1 aromatic carbocycles. The molecule has 1 rings (SSSR count). The van der Waals surface area contributed by atoms with Gasteiger partial charge in [-0.3, -0.25) is 0 Å². The van der Waals surface area contributed by atoms with Gasteiger partial charge < -0.3 is 5.11 Å². The first-order chi connectivity index (χ1) is 6.06. The zero-order chi connectivity index (χ0) is 10.0. The zero-order valence-corrected chi connectivity index (χ0v) is 7.59. The number of nitrogens with zero attached hydrogens (tertiary/aromatic N) is 1. The van der Waals surface area contributed by atoms with Crippen LogP contribution in [0, 0.1) is 18.3 Å². The number of carboxylic acids is 1. The Kier molecular flexibility index (Phi) is 2.54. The average Bonchev–Trinajstić information content (AvgIpc) is 2.09. The van der Waals surface area contributed by atoms with Gasteiger partial charge in [0.1, 0.15) is 0 Å². The second-order valence-corrected chi connectivity index (χ2v) is 2.95. The zero-order valence-electron chi connectivity index (χ0n) is 6.84. The standard InChI is InChI=1S/C9H6ClNO2/c1-5-7(4-11)2-6(9(12)13)3-8(5)10/h2-3H,1H3,(H,12,13). The molecule has 0 fully saturated rings.